The number of halogens is 1. The van der Waals surface area contributed by atoms with Crippen LogP contribution in [0, 0.1) is 6.92 Å². The molecule has 0 atom stereocenters. The number of aryl methyl sites for hydroxylation is 1. The first-order chi connectivity index (χ1) is 8.04. The van der Waals surface area contributed by atoms with E-state index in [1.165, 1.54) is 17.4 Å². The third-order valence-electron chi connectivity index (χ3n) is 1.93. The Morgan fingerprint density at radius 3 is 2.88 bits per heavy atom. The fourth-order valence-electron chi connectivity index (χ4n) is 1.31. The second kappa shape index (κ2) is 4.80. The molecule has 0 aliphatic rings. The van der Waals surface area contributed by atoms with Crippen molar-refractivity contribution in [3.63, 3.8) is 0 Å². The van der Waals surface area contributed by atoms with Gasteiger partial charge >= 0.3 is 0 Å². The number of nitrogens with two attached hydrogens (primary N) is 1. The molecule has 0 fully saturated rings. The second-order valence-corrected chi connectivity index (χ2v) is 5.76. The van der Waals surface area contributed by atoms with Gasteiger partial charge in [0.05, 0.1) is 9.98 Å². The second-order valence-electron chi connectivity index (χ2n) is 3.35. The Bertz CT molecular complexity index is 549. The third kappa shape index (κ3) is 3.01. The zero-order valence-electron chi connectivity index (χ0n) is 8.90. The quantitative estimate of drug-likeness (QED) is 0.892. The highest BCUT2D eigenvalue weighted by atomic mass is 79.9. The lowest BCUT2D eigenvalue weighted by molar-refractivity contribution is 0.102. The van der Waals surface area contributed by atoms with Gasteiger partial charge in [-0.05, 0) is 35.0 Å². The molecule has 17 heavy (non-hydrogen) atoms. The molecule has 5 nitrogen and oxygen atoms in total. The van der Waals surface area contributed by atoms with Crippen LogP contribution in [0.5, 0.6) is 0 Å². The molecule has 0 saturated heterocycles. The molecule has 7 heteroatoms. The third-order valence-corrected chi connectivity index (χ3v) is 3.32. The Morgan fingerprint density at radius 2 is 2.29 bits per heavy atom. The van der Waals surface area contributed by atoms with Crippen LogP contribution < -0.4 is 11.1 Å². The lowest BCUT2D eigenvalue weighted by Gasteiger charge is -2.03. The van der Waals surface area contributed by atoms with Crippen LogP contribution in [0.1, 0.15) is 16.1 Å². The number of carbonyl (C=O) groups is 1. The Kier molecular flexibility index (Phi) is 3.39. The molecular formula is C10H9BrN4OS. The normalized spacial score (nSPS) is 10.2. The Balaban J connectivity index is 2.19. The van der Waals surface area contributed by atoms with Gasteiger partial charge in [-0.15, -0.1) is 0 Å². The summed E-state index contributed by atoms with van der Waals surface area (Å²) in [5.41, 5.74) is 6.76. The first-order valence-corrected chi connectivity index (χ1v) is 6.32. The number of nitrogens with one attached hydrogen (secondary N) is 1. The number of anilines is 2. The minimum Gasteiger partial charge on any atom is -0.384 e. The highest BCUT2D eigenvalue weighted by molar-refractivity contribution is 9.11. The van der Waals surface area contributed by atoms with Gasteiger partial charge in [-0.25, -0.2) is 9.97 Å². The van der Waals surface area contributed by atoms with Crippen molar-refractivity contribution in [1.82, 2.24) is 9.97 Å². The van der Waals surface area contributed by atoms with E-state index in [4.69, 9.17) is 5.73 Å². The van der Waals surface area contributed by atoms with Crippen LogP contribution in [-0.2, 0) is 0 Å². The summed E-state index contributed by atoms with van der Waals surface area (Å²) in [6, 6.07) is 3.21. The average Bonchev–Trinajstić information content (AvgIpc) is 2.62. The monoisotopic (exact) mass is 312 g/mol. The molecule has 0 unspecified atom stereocenters. The highest BCUT2D eigenvalue weighted by Crippen LogP contribution is 2.23. The molecule has 2 aromatic heterocycles. The maximum absolute atomic E-state index is 11.9. The van der Waals surface area contributed by atoms with Gasteiger partial charge < -0.3 is 5.73 Å². The molecular weight excluding hydrogens is 304 g/mol. The molecule has 0 aliphatic carbocycles. The Morgan fingerprint density at radius 1 is 1.53 bits per heavy atom. The number of amides is 1. The fourth-order valence-corrected chi connectivity index (χ4v) is 2.41. The summed E-state index contributed by atoms with van der Waals surface area (Å²) in [5, 5.41) is 3.23. The van der Waals surface area contributed by atoms with Gasteiger partial charge in [0.1, 0.15) is 5.82 Å². The summed E-state index contributed by atoms with van der Waals surface area (Å²) in [6.45, 7) is 1.78. The van der Waals surface area contributed by atoms with Crippen molar-refractivity contribution in [1.29, 1.82) is 0 Å². The number of thiazole rings is 1. The molecule has 2 heterocycles. The minimum atomic E-state index is -0.246. The van der Waals surface area contributed by atoms with E-state index in [9.17, 15) is 4.79 Å². The smallest absolute Gasteiger partial charge is 0.257 e. The summed E-state index contributed by atoms with van der Waals surface area (Å²) < 4.78 is 0.859. The van der Waals surface area contributed by atoms with Crippen molar-refractivity contribution in [3.05, 3.63) is 33.4 Å². The van der Waals surface area contributed by atoms with E-state index in [1.807, 2.05) is 0 Å². The van der Waals surface area contributed by atoms with E-state index in [1.54, 1.807) is 19.2 Å². The zero-order valence-corrected chi connectivity index (χ0v) is 11.3. The lowest BCUT2D eigenvalue weighted by atomic mass is 10.2. The standard InChI is InChI=1S/C10H9BrN4OS/c1-5-2-6(3-8(12)14-5)9(16)15-10-13-4-7(11)17-10/h2-4H,1H3,(H2,12,14)(H,13,15,16). The summed E-state index contributed by atoms with van der Waals surface area (Å²) in [6.07, 6.45) is 1.63. The van der Waals surface area contributed by atoms with Crippen molar-refractivity contribution >= 4 is 44.1 Å². The summed E-state index contributed by atoms with van der Waals surface area (Å²) in [7, 11) is 0. The van der Waals surface area contributed by atoms with Crippen LogP contribution in [0.3, 0.4) is 0 Å². The zero-order chi connectivity index (χ0) is 12.4. The Labute approximate surface area is 110 Å². The van der Waals surface area contributed by atoms with Gasteiger partial charge in [-0.2, -0.15) is 0 Å². The molecule has 88 valence electrons. The van der Waals surface area contributed by atoms with Crippen molar-refractivity contribution in [3.8, 4) is 0 Å². The van der Waals surface area contributed by atoms with Gasteiger partial charge in [-0.3, -0.25) is 10.1 Å². The molecule has 0 radical (unpaired) electrons. The van der Waals surface area contributed by atoms with E-state index in [-0.39, 0.29) is 5.91 Å². The fraction of sp³-hybridized carbons (Fsp3) is 0.100. The van der Waals surface area contributed by atoms with Gasteiger partial charge in [0, 0.05) is 11.3 Å². The Hall–Kier alpha value is -1.47. The van der Waals surface area contributed by atoms with Gasteiger partial charge in [0.15, 0.2) is 5.13 Å². The van der Waals surface area contributed by atoms with Crippen molar-refractivity contribution in [2.45, 2.75) is 6.92 Å². The summed E-state index contributed by atoms with van der Waals surface area (Å²) in [4.78, 5) is 19.9. The van der Waals surface area contributed by atoms with E-state index >= 15 is 0 Å². The van der Waals surface area contributed by atoms with E-state index in [2.05, 4.69) is 31.2 Å². The molecule has 0 saturated carbocycles. The summed E-state index contributed by atoms with van der Waals surface area (Å²) >= 11 is 4.62. The average molecular weight is 313 g/mol. The molecule has 2 aromatic rings. The number of hydrogen-bond donors (Lipinski definition) is 2. The number of hydrogen-bond acceptors (Lipinski definition) is 5. The van der Waals surface area contributed by atoms with Crippen LogP contribution >= 0.6 is 27.3 Å². The number of rotatable bonds is 2. The predicted molar refractivity (Wildman–Crippen MR) is 71.2 cm³/mol. The van der Waals surface area contributed by atoms with Crippen LogP contribution in [0.15, 0.2) is 22.1 Å². The van der Waals surface area contributed by atoms with Gasteiger partial charge in [0.2, 0.25) is 0 Å². The van der Waals surface area contributed by atoms with E-state index in [0.29, 0.717) is 22.2 Å². The van der Waals surface area contributed by atoms with Crippen molar-refractivity contribution in [2.24, 2.45) is 0 Å². The molecule has 0 bridgehead atoms. The predicted octanol–water partition coefficient (Wildman–Crippen LogP) is 2.44. The highest BCUT2D eigenvalue weighted by Gasteiger charge is 2.10. The lowest BCUT2D eigenvalue weighted by Crippen LogP contribution is -2.12. The van der Waals surface area contributed by atoms with Crippen molar-refractivity contribution in [2.75, 3.05) is 11.1 Å². The molecule has 3 N–H and O–H groups in total. The number of pyridine rings is 1. The van der Waals surface area contributed by atoms with Crippen LogP contribution in [0.2, 0.25) is 0 Å². The molecule has 0 aliphatic heterocycles. The molecule has 0 aromatic carbocycles. The topological polar surface area (TPSA) is 80.9 Å². The van der Waals surface area contributed by atoms with E-state index < -0.39 is 0 Å². The first kappa shape index (κ1) is 12.0. The van der Waals surface area contributed by atoms with Gasteiger partial charge in [-0.1, -0.05) is 11.3 Å². The number of nitrogen functional groups attached to an aromatic ring is 1. The van der Waals surface area contributed by atoms with E-state index in [0.717, 1.165) is 3.79 Å². The molecule has 1 amide bonds. The molecule has 0 spiro atoms. The number of nitrogens with zero attached hydrogens (tertiary/aromatic N) is 2. The number of aromatic nitrogens is 2. The van der Waals surface area contributed by atoms with Crippen LogP contribution in [0.4, 0.5) is 10.9 Å². The van der Waals surface area contributed by atoms with Crippen molar-refractivity contribution < 1.29 is 4.79 Å². The number of carbonyl (C=O) groups excluding carboxylic acids is 1. The minimum absolute atomic E-state index is 0.246. The largest absolute Gasteiger partial charge is 0.384 e. The van der Waals surface area contributed by atoms with Crippen LogP contribution in [0.25, 0.3) is 0 Å². The van der Waals surface area contributed by atoms with Crippen LogP contribution in [-0.4, -0.2) is 15.9 Å². The molecule has 2 rings (SSSR count). The van der Waals surface area contributed by atoms with Gasteiger partial charge in [0.25, 0.3) is 5.91 Å². The first-order valence-electron chi connectivity index (χ1n) is 4.71. The SMILES string of the molecule is Cc1cc(C(=O)Nc2ncc(Br)s2)cc(N)n1. The summed E-state index contributed by atoms with van der Waals surface area (Å²) in [5.74, 6) is 0.0829. The maximum Gasteiger partial charge on any atom is 0.257 e. The maximum atomic E-state index is 11.9.